The van der Waals surface area contributed by atoms with Crippen molar-refractivity contribution in [1.82, 2.24) is 4.90 Å². The quantitative estimate of drug-likeness (QED) is 0.879. The van der Waals surface area contributed by atoms with Crippen LogP contribution in [0.25, 0.3) is 0 Å². The molecule has 0 saturated heterocycles. The first kappa shape index (κ1) is 15.9. The summed E-state index contributed by atoms with van der Waals surface area (Å²) in [5.74, 6) is 0.353. The zero-order chi connectivity index (χ0) is 14.7. The number of nitrogens with zero attached hydrogens (tertiary/aromatic N) is 2. The molecule has 0 bridgehead atoms. The van der Waals surface area contributed by atoms with E-state index in [4.69, 9.17) is 0 Å². The summed E-state index contributed by atoms with van der Waals surface area (Å²) < 4.78 is 0. The van der Waals surface area contributed by atoms with E-state index in [1.165, 1.54) is 0 Å². The van der Waals surface area contributed by atoms with Crippen molar-refractivity contribution in [3.63, 3.8) is 0 Å². The van der Waals surface area contributed by atoms with Gasteiger partial charge in [0.2, 0.25) is 0 Å². The van der Waals surface area contributed by atoms with Crippen LogP contribution in [0.4, 0.5) is 5.69 Å². The van der Waals surface area contributed by atoms with E-state index in [9.17, 15) is 9.90 Å². The van der Waals surface area contributed by atoms with E-state index >= 15 is 0 Å². The van der Waals surface area contributed by atoms with Gasteiger partial charge in [0, 0.05) is 23.7 Å². The molecule has 0 aromatic heterocycles. The highest BCUT2D eigenvalue weighted by atomic mass is 35.5. The Kier molecular flexibility index (Phi) is 5.07. The molecule has 0 aliphatic carbocycles. The Hall–Kier alpha value is -2.46. The summed E-state index contributed by atoms with van der Waals surface area (Å²) in [5.41, 5.74) is 1.72. The van der Waals surface area contributed by atoms with Gasteiger partial charge in [-0.2, -0.15) is 0 Å². The Labute approximate surface area is 135 Å². The molecule has 1 aliphatic rings. The molecule has 0 spiro atoms. The van der Waals surface area contributed by atoms with Gasteiger partial charge in [-0.05, 0) is 24.3 Å². The largest absolute Gasteiger partial charge is 0.508 e. The first-order valence-corrected chi connectivity index (χ1v) is 6.79. The topological polar surface area (TPSA) is 43.8 Å². The van der Waals surface area contributed by atoms with Gasteiger partial charge in [0.05, 0.1) is 13.2 Å². The molecule has 0 unspecified atom stereocenters. The Balaban J connectivity index is 0.00000176. The van der Waals surface area contributed by atoms with Crippen molar-refractivity contribution in [3.05, 3.63) is 72.6 Å². The first-order chi connectivity index (χ1) is 10.2. The van der Waals surface area contributed by atoms with Crippen LogP contribution in [0.5, 0.6) is 5.75 Å². The van der Waals surface area contributed by atoms with Gasteiger partial charge in [-0.15, -0.1) is 12.4 Å². The highest BCUT2D eigenvalue weighted by molar-refractivity contribution is 5.97. The van der Waals surface area contributed by atoms with E-state index in [2.05, 4.69) is 0 Å². The highest BCUT2D eigenvalue weighted by Crippen LogP contribution is 2.21. The number of hydrogen-bond donors (Lipinski definition) is 1. The molecular formula is C17H17ClN2O2. The smallest absolute Gasteiger partial charge is 0.182 e. The predicted octanol–water partition coefficient (Wildman–Crippen LogP) is 3.25. The van der Waals surface area contributed by atoms with Crippen LogP contribution in [0.1, 0.15) is 10.4 Å². The van der Waals surface area contributed by atoms with Gasteiger partial charge in [-0.3, -0.25) is 4.79 Å². The molecule has 1 N–H and O–H groups in total. The minimum atomic E-state index is 0. The number of benzene rings is 2. The lowest BCUT2D eigenvalue weighted by atomic mass is 10.1. The van der Waals surface area contributed by atoms with Crippen molar-refractivity contribution >= 4 is 23.9 Å². The molecule has 3 rings (SSSR count). The number of phenols is 1. The van der Waals surface area contributed by atoms with Gasteiger partial charge in [0.15, 0.2) is 5.78 Å². The Morgan fingerprint density at radius 2 is 1.68 bits per heavy atom. The van der Waals surface area contributed by atoms with Gasteiger partial charge in [-0.25, -0.2) is 0 Å². The maximum absolute atomic E-state index is 12.2. The fraction of sp³-hybridized carbons (Fsp3) is 0.118. The molecule has 4 nitrogen and oxygen atoms in total. The molecule has 0 radical (unpaired) electrons. The third kappa shape index (κ3) is 3.59. The van der Waals surface area contributed by atoms with Gasteiger partial charge in [0.25, 0.3) is 0 Å². The summed E-state index contributed by atoms with van der Waals surface area (Å²) in [6, 6.07) is 16.3. The summed E-state index contributed by atoms with van der Waals surface area (Å²) in [5, 5.41) is 9.30. The van der Waals surface area contributed by atoms with Crippen molar-refractivity contribution in [1.29, 1.82) is 0 Å². The summed E-state index contributed by atoms with van der Waals surface area (Å²) >= 11 is 0. The summed E-state index contributed by atoms with van der Waals surface area (Å²) in [4.78, 5) is 16.1. The molecule has 0 atom stereocenters. The van der Waals surface area contributed by atoms with Crippen LogP contribution in [-0.4, -0.2) is 29.0 Å². The maximum Gasteiger partial charge on any atom is 0.182 e. The summed E-state index contributed by atoms with van der Waals surface area (Å²) in [6.07, 6.45) is 3.85. The number of Topliss-reactive ketones (excluding diaryl/α,β-unsaturated/α-hetero) is 1. The number of hydrogen-bond acceptors (Lipinski definition) is 4. The summed E-state index contributed by atoms with van der Waals surface area (Å²) in [7, 11) is 0. The molecular weight excluding hydrogens is 300 g/mol. The third-order valence-corrected chi connectivity index (χ3v) is 3.42. The number of aromatic hydroxyl groups is 1. The number of ketones is 1. The van der Waals surface area contributed by atoms with Crippen molar-refractivity contribution in [2.24, 2.45) is 0 Å². The van der Waals surface area contributed by atoms with Crippen LogP contribution in [0.3, 0.4) is 0 Å². The van der Waals surface area contributed by atoms with Gasteiger partial charge >= 0.3 is 0 Å². The molecule has 2 aromatic carbocycles. The molecule has 0 saturated carbocycles. The third-order valence-electron chi connectivity index (χ3n) is 3.42. The number of carbonyl (C=O) groups is 1. The van der Waals surface area contributed by atoms with Crippen LogP contribution >= 0.6 is 12.4 Å². The van der Waals surface area contributed by atoms with E-state index in [1.54, 1.807) is 12.1 Å². The predicted molar refractivity (Wildman–Crippen MR) is 89.3 cm³/mol. The van der Waals surface area contributed by atoms with Gasteiger partial charge < -0.3 is 14.9 Å². The molecule has 1 aliphatic heterocycles. The Morgan fingerprint density at radius 1 is 1.00 bits per heavy atom. The van der Waals surface area contributed by atoms with Crippen LogP contribution in [-0.2, 0) is 0 Å². The summed E-state index contributed by atoms with van der Waals surface area (Å²) in [6.45, 7) is 0.985. The maximum atomic E-state index is 12.2. The molecule has 5 heteroatoms. The second-order valence-corrected chi connectivity index (χ2v) is 4.96. The van der Waals surface area contributed by atoms with Gasteiger partial charge in [0.1, 0.15) is 5.75 Å². The van der Waals surface area contributed by atoms with Crippen molar-refractivity contribution in [3.8, 4) is 5.75 Å². The minimum Gasteiger partial charge on any atom is -0.508 e. The molecule has 22 heavy (non-hydrogen) atoms. The lowest BCUT2D eigenvalue weighted by Gasteiger charge is -2.20. The molecule has 0 fully saturated rings. The Morgan fingerprint density at radius 3 is 2.36 bits per heavy atom. The molecule has 0 amide bonds. The number of phenolic OH excluding ortho intramolecular Hbond substituents is 1. The number of anilines is 1. The minimum absolute atomic E-state index is 0. The fourth-order valence-electron chi connectivity index (χ4n) is 2.28. The average molecular weight is 317 g/mol. The van der Waals surface area contributed by atoms with E-state index in [-0.39, 0.29) is 23.9 Å². The highest BCUT2D eigenvalue weighted by Gasteiger charge is 2.17. The van der Waals surface area contributed by atoms with Crippen LogP contribution in [0.2, 0.25) is 0 Å². The molecule has 2 aromatic rings. The van der Waals surface area contributed by atoms with E-state index in [0.29, 0.717) is 13.2 Å². The van der Waals surface area contributed by atoms with Crippen molar-refractivity contribution in [2.75, 3.05) is 18.1 Å². The molecule has 114 valence electrons. The van der Waals surface area contributed by atoms with Crippen molar-refractivity contribution in [2.45, 2.75) is 0 Å². The zero-order valence-corrected chi connectivity index (χ0v) is 12.7. The lowest BCUT2D eigenvalue weighted by Crippen LogP contribution is -2.29. The normalized spacial score (nSPS) is 13.1. The van der Waals surface area contributed by atoms with Crippen LogP contribution in [0, 0.1) is 0 Å². The van der Waals surface area contributed by atoms with Gasteiger partial charge in [-0.1, -0.05) is 30.3 Å². The monoisotopic (exact) mass is 316 g/mol. The fourth-order valence-corrected chi connectivity index (χ4v) is 2.28. The van der Waals surface area contributed by atoms with E-state index < -0.39 is 0 Å². The first-order valence-electron chi connectivity index (χ1n) is 6.79. The number of rotatable bonds is 4. The SMILES string of the molecule is Cl.O=C(CN1C=CN(c2ccc(O)cc2)C1)c1ccccc1. The Bertz CT molecular complexity index is 656. The number of carbonyl (C=O) groups excluding carboxylic acids is 1. The zero-order valence-electron chi connectivity index (χ0n) is 11.9. The second-order valence-electron chi connectivity index (χ2n) is 4.96. The van der Waals surface area contributed by atoms with E-state index in [1.807, 2.05) is 64.7 Å². The average Bonchev–Trinajstić information content (AvgIpc) is 2.97. The van der Waals surface area contributed by atoms with Crippen LogP contribution < -0.4 is 4.90 Å². The lowest BCUT2D eigenvalue weighted by molar-refractivity contribution is 0.0959. The van der Waals surface area contributed by atoms with Crippen molar-refractivity contribution < 1.29 is 9.90 Å². The number of halogens is 1. The standard InChI is InChI=1S/C17H16N2O2.ClH/c20-16-8-6-15(7-9-16)19-11-10-18(13-19)12-17(21)14-4-2-1-3-5-14;/h1-11,20H,12-13H2;1H. The van der Waals surface area contributed by atoms with Crippen LogP contribution in [0.15, 0.2) is 67.0 Å². The van der Waals surface area contributed by atoms with E-state index in [0.717, 1.165) is 11.3 Å². The second kappa shape index (κ2) is 7.00. The molecule has 1 heterocycles.